The van der Waals surface area contributed by atoms with Gasteiger partial charge in [-0.25, -0.2) is 4.98 Å². The number of anilines is 1. The standard InChI is InChI=1S/C23H22F3N3O2/c24-23(25,26)18-6-2-4-8-20(18)28-21(30)16-11-9-15(10-12-16)13-29-14-27-19-7-3-1-5-17(19)22(29)31/h1-8,14-16H,9-13H2,(H,28,30). The summed E-state index contributed by atoms with van der Waals surface area (Å²) in [5.41, 5.74) is -0.492. The van der Waals surface area contributed by atoms with E-state index in [2.05, 4.69) is 10.3 Å². The van der Waals surface area contributed by atoms with E-state index in [1.54, 1.807) is 29.1 Å². The molecule has 0 spiro atoms. The molecule has 1 fully saturated rings. The number of nitrogens with one attached hydrogen (secondary N) is 1. The van der Waals surface area contributed by atoms with Gasteiger partial charge in [0.05, 0.1) is 28.5 Å². The zero-order valence-corrected chi connectivity index (χ0v) is 16.7. The molecule has 0 radical (unpaired) electrons. The summed E-state index contributed by atoms with van der Waals surface area (Å²) < 4.78 is 41.0. The van der Waals surface area contributed by atoms with Crippen molar-refractivity contribution in [2.24, 2.45) is 11.8 Å². The summed E-state index contributed by atoms with van der Waals surface area (Å²) in [5.74, 6) is -0.518. The highest BCUT2D eigenvalue weighted by Crippen LogP contribution is 2.36. The zero-order valence-electron chi connectivity index (χ0n) is 16.7. The Morgan fingerprint density at radius 1 is 1.03 bits per heavy atom. The first kappa shape index (κ1) is 21.1. The minimum atomic E-state index is -4.53. The summed E-state index contributed by atoms with van der Waals surface area (Å²) >= 11 is 0. The first-order valence-corrected chi connectivity index (χ1v) is 10.2. The van der Waals surface area contributed by atoms with Crippen molar-refractivity contribution in [2.75, 3.05) is 5.32 Å². The molecular weight excluding hydrogens is 407 g/mol. The molecule has 5 nitrogen and oxygen atoms in total. The average Bonchev–Trinajstić information content (AvgIpc) is 2.76. The number of halogens is 3. The van der Waals surface area contributed by atoms with E-state index in [9.17, 15) is 22.8 Å². The average molecular weight is 429 g/mol. The highest BCUT2D eigenvalue weighted by molar-refractivity contribution is 5.93. The molecule has 8 heteroatoms. The maximum atomic E-state index is 13.1. The molecule has 1 heterocycles. The molecule has 162 valence electrons. The molecule has 1 aromatic heterocycles. The number of hydrogen-bond acceptors (Lipinski definition) is 3. The molecule has 1 amide bonds. The first-order valence-electron chi connectivity index (χ1n) is 10.2. The Balaban J connectivity index is 1.38. The monoisotopic (exact) mass is 429 g/mol. The van der Waals surface area contributed by atoms with E-state index in [1.807, 2.05) is 6.07 Å². The maximum absolute atomic E-state index is 13.1. The predicted molar refractivity (Wildman–Crippen MR) is 112 cm³/mol. The van der Waals surface area contributed by atoms with Gasteiger partial charge in [-0.05, 0) is 55.9 Å². The van der Waals surface area contributed by atoms with Crippen LogP contribution in [0.25, 0.3) is 10.9 Å². The second-order valence-electron chi connectivity index (χ2n) is 7.97. The summed E-state index contributed by atoms with van der Waals surface area (Å²) in [5, 5.41) is 3.03. The largest absolute Gasteiger partial charge is 0.418 e. The summed E-state index contributed by atoms with van der Waals surface area (Å²) in [6, 6.07) is 12.2. The Bertz CT molecular complexity index is 1150. The zero-order chi connectivity index (χ0) is 22.0. The van der Waals surface area contributed by atoms with Gasteiger partial charge in [-0.3, -0.25) is 14.2 Å². The topological polar surface area (TPSA) is 64.0 Å². The SMILES string of the molecule is O=C(Nc1ccccc1C(F)(F)F)C1CCC(Cn2cnc3ccccc3c2=O)CC1. The van der Waals surface area contributed by atoms with Crippen LogP contribution in [0.2, 0.25) is 0 Å². The van der Waals surface area contributed by atoms with E-state index in [-0.39, 0.29) is 29.0 Å². The highest BCUT2D eigenvalue weighted by Gasteiger charge is 2.34. The predicted octanol–water partition coefficient (Wildman–Crippen LogP) is 4.86. The van der Waals surface area contributed by atoms with Gasteiger partial charge in [0.1, 0.15) is 0 Å². The summed E-state index contributed by atoms with van der Waals surface area (Å²) in [6.07, 6.45) is -0.391. The van der Waals surface area contributed by atoms with E-state index in [0.29, 0.717) is 30.3 Å². The van der Waals surface area contributed by atoms with Crippen LogP contribution in [0.15, 0.2) is 59.7 Å². The van der Waals surface area contributed by atoms with Crippen LogP contribution in [0, 0.1) is 11.8 Å². The molecule has 1 N–H and O–H groups in total. The Kier molecular flexibility index (Phi) is 5.80. The minimum Gasteiger partial charge on any atom is -0.325 e. The van der Waals surface area contributed by atoms with Crippen molar-refractivity contribution in [1.82, 2.24) is 9.55 Å². The molecule has 4 rings (SSSR count). The van der Waals surface area contributed by atoms with Gasteiger partial charge in [-0.15, -0.1) is 0 Å². The van der Waals surface area contributed by atoms with Crippen molar-refractivity contribution in [3.8, 4) is 0 Å². The van der Waals surface area contributed by atoms with Crippen LogP contribution in [0.1, 0.15) is 31.2 Å². The number of benzene rings is 2. The molecule has 0 atom stereocenters. The number of aromatic nitrogens is 2. The van der Waals surface area contributed by atoms with Crippen LogP contribution < -0.4 is 10.9 Å². The van der Waals surface area contributed by atoms with E-state index < -0.39 is 11.7 Å². The molecule has 1 saturated carbocycles. The van der Waals surface area contributed by atoms with Crippen molar-refractivity contribution < 1.29 is 18.0 Å². The molecule has 31 heavy (non-hydrogen) atoms. The van der Waals surface area contributed by atoms with Crippen LogP contribution in [0.4, 0.5) is 18.9 Å². The third kappa shape index (κ3) is 4.62. The van der Waals surface area contributed by atoms with Crippen molar-refractivity contribution in [3.05, 3.63) is 70.8 Å². The third-order valence-electron chi connectivity index (χ3n) is 5.89. The molecule has 0 unspecified atom stereocenters. The number of carbonyl (C=O) groups excluding carboxylic acids is 1. The van der Waals surface area contributed by atoms with Crippen LogP contribution in [-0.2, 0) is 17.5 Å². The lowest BCUT2D eigenvalue weighted by Gasteiger charge is -2.28. The molecule has 0 aliphatic heterocycles. The number of para-hydroxylation sites is 2. The lowest BCUT2D eigenvalue weighted by molar-refractivity contribution is -0.137. The van der Waals surface area contributed by atoms with Gasteiger partial charge in [0.25, 0.3) is 5.56 Å². The van der Waals surface area contributed by atoms with Crippen LogP contribution >= 0.6 is 0 Å². The Labute approximate surface area is 176 Å². The van der Waals surface area contributed by atoms with E-state index in [4.69, 9.17) is 0 Å². The number of amides is 1. The fourth-order valence-corrected chi connectivity index (χ4v) is 4.20. The number of nitrogens with zero attached hydrogens (tertiary/aromatic N) is 2. The van der Waals surface area contributed by atoms with E-state index in [1.165, 1.54) is 18.2 Å². The first-order chi connectivity index (χ1) is 14.8. The van der Waals surface area contributed by atoms with Gasteiger partial charge >= 0.3 is 6.18 Å². The second-order valence-corrected chi connectivity index (χ2v) is 7.97. The van der Waals surface area contributed by atoms with Crippen molar-refractivity contribution in [1.29, 1.82) is 0 Å². The quantitative estimate of drug-likeness (QED) is 0.644. The fraction of sp³-hybridized carbons (Fsp3) is 0.348. The van der Waals surface area contributed by atoms with E-state index in [0.717, 1.165) is 18.9 Å². The van der Waals surface area contributed by atoms with Gasteiger partial charge in [-0.1, -0.05) is 24.3 Å². The van der Waals surface area contributed by atoms with Gasteiger partial charge in [0.2, 0.25) is 5.91 Å². The third-order valence-corrected chi connectivity index (χ3v) is 5.89. The number of rotatable bonds is 4. The number of carbonyl (C=O) groups is 1. The van der Waals surface area contributed by atoms with Gasteiger partial charge in [0.15, 0.2) is 0 Å². The molecule has 1 aliphatic carbocycles. The Morgan fingerprint density at radius 2 is 1.71 bits per heavy atom. The molecule has 0 bridgehead atoms. The van der Waals surface area contributed by atoms with Crippen molar-refractivity contribution in [3.63, 3.8) is 0 Å². The second kappa shape index (κ2) is 8.53. The van der Waals surface area contributed by atoms with Gasteiger partial charge in [-0.2, -0.15) is 13.2 Å². The van der Waals surface area contributed by atoms with Crippen molar-refractivity contribution in [2.45, 2.75) is 38.4 Å². The molecule has 3 aromatic rings. The Hall–Kier alpha value is -3.16. The van der Waals surface area contributed by atoms with Gasteiger partial charge in [0, 0.05) is 12.5 Å². The number of fused-ring (bicyclic) bond motifs is 1. The highest BCUT2D eigenvalue weighted by atomic mass is 19.4. The maximum Gasteiger partial charge on any atom is 0.418 e. The normalized spacial score (nSPS) is 19.3. The Morgan fingerprint density at radius 3 is 2.45 bits per heavy atom. The van der Waals surface area contributed by atoms with Crippen LogP contribution in [-0.4, -0.2) is 15.5 Å². The molecule has 0 saturated heterocycles. The number of alkyl halides is 3. The van der Waals surface area contributed by atoms with Gasteiger partial charge < -0.3 is 5.32 Å². The molecular formula is C23H22F3N3O2. The van der Waals surface area contributed by atoms with Crippen LogP contribution in [0.5, 0.6) is 0 Å². The fourth-order valence-electron chi connectivity index (χ4n) is 4.20. The summed E-state index contributed by atoms with van der Waals surface area (Å²) in [4.78, 5) is 29.6. The van der Waals surface area contributed by atoms with E-state index >= 15 is 0 Å². The summed E-state index contributed by atoms with van der Waals surface area (Å²) in [6.45, 7) is 0.516. The molecule has 1 aliphatic rings. The lowest BCUT2D eigenvalue weighted by atomic mass is 9.81. The summed E-state index contributed by atoms with van der Waals surface area (Å²) in [7, 11) is 0. The smallest absolute Gasteiger partial charge is 0.325 e. The van der Waals surface area contributed by atoms with Crippen molar-refractivity contribution >= 4 is 22.5 Å². The lowest BCUT2D eigenvalue weighted by Crippen LogP contribution is -2.31. The van der Waals surface area contributed by atoms with Crippen LogP contribution in [0.3, 0.4) is 0 Å². The minimum absolute atomic E-state index is 0.0887. The molecule has 2 aromatic carbocycles. The number of hydrogen-bond donors (Lipinski definition) is 1.